The third kappa shape index (κ3) is 2.10. The lowest BCUT2D eigenvalue weighted by atomic mass is 9.95. The predicted molar refractivity (Wildman–Crippen MR) is 82.2 cm³/mol. The second-order valence-electron chi connectivity index (χ2n) is 5.44. The molecule has 5 nitrogen and oxygen atoms in total. The summed E-state index contributed by atoms with van der Waals surface area (Å²) in [5, 5.41) is 0. The molecule has 2 aliphatic rings. The first-order valence-corrected chi connectivity index (χ1v) is 7.30. The zero-order chi connectivity index (χ0) is 15.1. The van der Waals surface area contributed by atoms with Crippen LogP contribution in [0.4, 0.5) is 5.69 Å². The minimum absolute atomic E-state index is 0.0863. The van der Waals surface area contributed by atoms with E-state index in [4.69, 9.17) is 22.7 Å². The van der Waals surface area contributed by atoms with E-state index in [9.17, 15) is 9.59 Å². The maximum Gasteiger partial charge on any atom is 0.237 e. The highest BCUT2D eigenvalue weighted by Crippen LogP contribution is 2.43. The molecule has 1 aromatic rings. The second-order valence-corrected chi connectivity index (χ2v) is 5.88. The van der Waals surface area contributed by atoms with Crippen molar-refractivity contribution in [1.82, 2.24) is 0 Å². The Morgan fingerprint density at radius 3 is 2.43 bits per heavy atom. The number of hydrogen-bond acceptors (Lipinski definition) is 4. The molecule has 1 aliphatic heterocycles. The summed E-state index contributed by atoms with van der Waals surface area (Å²) in [4.78, 5) is 26.6. The normalized spacial score (nSPS) is 24.3. The van der Waals surface area contributed by atoms with Crippen LogP contribution in [0.3, 0.4) is 0 Å². The Labute approximate surface area is 128 Å². The maximum atomic E-state index is 12.6. The Bertz CT molecular complexity index is 622. The molecule has 1 aliphatic carbocycles. The first-order valence-electron chi connectivity index (χ1n) is 6.89. The van der Waals surface area contributed by atoms with E-state index < -0.39 is 0 Å². The van der Waals surface area contributed by atoms with Gasteiger partial charge in [0.1, 0.15) is 16.4 Å². The molecule has 3 rings (SSSR count). The van der Waals surface area contributed by atoms with E-state index in [1.54, 1.807) is 18.2 Å². The lowest BCUT2D eigenvalue weighted by Gasteiger charge is -2.31. The zero-order valence-corrected chi connectivity index (χ0v) is 12.5. The molecule has 1 saturated heterocycles. The summed E-state index contributed by atoms with van der Waals surface area (Å²) >= 11 is 5.05. The first kappa shape index (κ1) is 14.0. The molecular weight excluding hydrogens is 288 g/mol. The van der Waals surface area contributed by atoms with Crippen LogP contribution >= 0.6 is 12.2 Å². The number of carbonyl (C=O) groups is 2. The highest BCUT2D eigenvalue weighted by Gasteiger charge is 2.47. The van der Waals surface area contributed by atoms with Crippen LogP contribution in [0.5, 0.6) is 5.75 Å². The molecule has 0 aromatic heterocycles. The number of fused-ring (bicyclic) bond motifs is 2. The highest BCUT2D eigenvalue weighted by molar-refractivity contribution is 7.80. The average molecular weight is 304 g/mol. The van der Waals surface area contributed by atoms with Gasteiger partial charge in [-0.15, -0.1) is 0 Å². The predicted octanol–water partition coefficient (Wildman–Crippen LogP) is 1.62. The van der Waals surface area contributed by atoms with Crippen LogP contribution in [-0.2, 0) is 9.59 Å². The lowest BCUT2D eigenvalue weighted by Crippen LogP contribution is -2.47. The Morgan fingerprint density at radius 1 is 1.29 bits per heavy atom. The summed E-state index contributed by atoms with van der Waals surface area (Å²) in [6, 6.07) is 5.15. The molecular formula is C15H16N2O3S. The van der Waals surface area contributed by atoms with E-state index in [1.807, 2.05) is 0 Å². The molecule has 6 heteroatoms. The number of nitrogens with zero attached hydrogens (tertiary/aromatic N) is 1. The van der Waals surface area contributed by atoms with Crippen molar-refractivity contribution in [3.8, 4) is 5.75 Å². The Hall–Kier alpha value is -1.95. The number of thiocarbonyl (C=S) groups is 1. The number of methoxy groups -OCH3 is 1. The number of anilines is 1. The van der Waals surface area contributed by atoms with Crippen molar-refractivity contribution in [2.75, 3.05) is 12.0 Å². The summed E-state index contributed by atoms with van der Waals surface area (Å²) in [6.07, 6.45) is 2.19. The third-order valence-corrected chi connectivity index (χ3v) is 4.50. The Kier molecular flexibility index (Phi) is 3.41. The molecule has 2 fully saturated rings. The van der Waals surface area contributed by atoms with Crippen LogP contribution in [0, 0.1) is 11.8 Å². The SMILES string of the molecule is COc1cccc(C(N)=S)c1N1C(=O)C2CCC(C2)C1=O. The number of amides is 2. The number of imide groups is 1. The number of carbonyl (C=O) groups excluding carboxylic acids is 2. The van der Waals surface area contributed by atoms with Gasteiger partial charge in [-0.3, -0.25) is 9.59 Å². The fourth-order valence-corrected chi connectivity index (χ4v) is 3.41. The van der Waals surface area contributed by atoms with Gasteiger partial charge < -0.3 is 10.5 Å². The molecule has 0 spiro atoms. The number of ether oxygens (including phenoxy) is 1. The smallest absolute Gasteiger partial charge is 0.237 e. The number of para-hydroxylation sites is 1. The molecule has 2 N–H and O–H groups in total. The van der Waals surface area contributed by atoms with Crippen molar-refractivity contribution in [1.29, 1.82) is 0 Å². The fraction of sp³-hybridized carbons (Fsp3) is 0.400. The van der Waals surface area contributed by atoms with Gasteiger partial charge in [0.05, 0.1) is 7.11 Å². The number of benzene rings is 1. The summed E-state index contributed by atoms with van der Waals surface area (Å²) in [5.41, 5.74) is 6.63. The Balaban J connectivity index is 2.17. The molecule has 21 heavy (non-hydrogen) atoms. The largest absolute Gasteiger partial charge is 0.495 e. The van der Waals surface area contributed by atoms with Gasteiger partial charge in [-0.2, -0.15) is 0 Å². The van der Waals surface area contributed by atoms with Crippen molar-refractivity contribution in [3.05, 3.63) is 23.8 Å². The van der Waals surface area contributed by atoms with Crippen LogP contribution in [0.25, 0.3) is 0 Å². The molecule has 1 aromatic carbocycles. The molecule has 2 amide bonds. The molecule has 1 saturated carbocycles. The van der Waals surface area contributed by atoms with Gasteiger partial charge in [0.25, 0.3) is 0 Å². The third-order valence-electron chi connectivity index (χ3n) is 4.28. The van der Waals surface area contributed by atoms with Gasteiger partial charge in [-0.05, 0) is 31.4 Å². The molecule has 110 valence electrons. The van der Waals surface area contributed by atoms with Gasteiger partial charge in [0, 0.05) is 17.4 Å². The zero-order valence-electron chi connectivity index (χ0n) is 11.7. The number of hydrogen-bond donors (Lipinski definition) is 1. The topological polar surface area (TPSA) is 72.6 Å². The monoisotopic (exact) mass is 304 g/mol. The first-order chi connectivity index (χ1) is 10.0. The van der Waals surface area contributed by atoms with Crippen molar-refractivity contribution < 1.29 is 14.3 Å². The number of rotatable bonds is 3. The maximum absolute atomic E-state index is 12.6. The quantitative estimate of drug-likeness (QED) is 0.678. The number of nitrogens with two attached hydrogens (primary N) is 1. The summed E-state index contributed by atoms with van der Waals surface area (Å²) in [7, 11) is 1.50. The van der Waals surface area contributed by atoms with Gasteiger partial charge >= 0.3 is 0 Å². The van der Waals surface area contributed by atoms with Gasteiger partial charge in [0.2, 0.25) is 11.8 Å². The lowest BCUT2D eigenvalue weighted by molar-refractivity contribution is -0.133. The minimum atomic E-state index is -0.171. The molecule has 2 bridgehead atoms. The van der Waals surface area contributed by atoms with Crippen LogP contribution < -0.4 is 15.4 Å². The number of piperidine rings is 1. The fourth-order valence-electron chi connectivity index (χ4n) is 3.24. The summed E-state index contributed by atoms with van der Waals surface area (Å²) < 4.78 is 5.32. The molecule has 1 heterocycles. The summed E-state index contributed by atoms with van der Waals surface area (Å²) in [6.45, 7) is 0. The average Bonchev–Trinajstić information content (AvgIpc) is 2.92. The minimum Gasteiger partial charge on any atom is -0.495 e. The van der Waals surface area contributed by atoms with Crippen molar-refractivity contribution in [2.24, 2.45) is 17.6 Å². The van der Waals surface area contributed by atoms with Crippen LogP contribution in [0.1, 0.15) is 24.8 Å². The van der Waals surface area contributed by atoms with E-state index >= 15 is 0 Å². The van der Waals surface area contributed by atoms with Gasteiger partial charge in [0.15, 0.2) is 0 Å². The molecule has 2 atom stereocenters. The van der Waals surface area contributed by atoms with E-state index in [-0.39, 0.29) is 28.6 Å². The van der Waals surface area contributed by atoms with E-state index in [0.717, 1.165) is 12.8 Å². The summed E-state index contributed by atoms with van der Waals surface area (Å²) in [5.74, 6) is -0.0802. The second kappa shape index (κ2) is 5.11. The Morgan fingerprint density at radius 2 is 1.90 bits per heavy atom. The van der Waals surface area contributed by atoms with Crippen LogP contribution in [0.15, 0.2) is 18.2 Å². The van der Waals surface area contributed by atoms with Gasteiger partial charge in [-0.1, -0.05) is 18.3 Å². The van der Waals surface area contributed by atoms with Crippen molar-refractivity contribution in [2.45, 2.75) is 19.3 Å². The standard InChI is InChI=1S/C15H16N2O3S/c1-20-11-4-2-3-10(13(16)21)12(11)17-14(18)8-5-6-9(7-8)15(17)19/h2-4,8-9H,5-7H2,1H3,(H2,16,21). The van der Waals surface area contributed by atoms with E-state index in [0.29, 0.717) is 23.4 Å². The van der Waals surface area contributed by atoms with E-state index in [1.165, 1.54) is 12.0 Å². The molecule has 0 radical (unpaired) electrons. The molecule has 2 unspecified atom stereocenters. The van der Waals surface area contributed by atoms with E-state index in [2.05, 4.69) is 0 Å². The van der Waals surface area contributed by atoms with Crippen molar-refractivity contribution in [3.63, 3.8) is 0 Å². The van der Waals surface area contributed by atoms with Crippen LogP contribution in [0.2, 0.25) is 0 Å². The van der Waals surface area contributed by atoms with Crippen molar-refractivity contribution >= 4 is 34.7 Å². The highest BCUT2D eigenvalue weighted by atomic mass is 32.1. The van der Waals surface area contributed by atoms with Crippen LogP contribution in [-0.4, -0.2) is 23.9 Å². The van der Waals surface area contributed by atoms with Gasteiger partial charge in [-0.25, -0.2) is 4.90 Å².